The minimum absolute atomic E-state index is 0.170. The quantitative estimate of drug-likeness (QED) is 0.330. The monoisotopic (exact) mass is 410 g/mol. The third-order valence-corrected chi connectivity index (χ3v) is 4.80. The summed E-state index contributed by atoms with van der Waals surface area (Å²) in [5.41, 5.74) is 7.66. The lowest BCUT2D eigenvalue weighted by atomic mass is 10.1. The Morgan fingerprint density at radius 1 is 0.839 bits per heavy atom. The Morgan fingerprint density at radius 2 is 1.45 bits per heavy atom. The van der Waals surface area contributed by atoms with Gasteiger partial charge >= 0.3 is 0 Å². The lowest BCUT2D eigenvalue weighted by Gasteiger charge is -2.10. The van der Waals surface area contributed by atoms with Gasteiger partial charge in [-0.3, -0.25) is 0 Å². The predicted octanol–water partition coefficient (Wildman–Crippen LogP) is 5.36. The van der Waals surface area contributed by atoms with E-state index in [0.717, 1.165) is 28.3 Å². The van der Waals surface area contributed by atoms with Crippen LogP contribution in [0.5, 0.6) is 11.5 Å². The molecule has 0 saturated carbocycles. The van der Waals surface area contributed by atoms with Crippen LogP contribution in [0.4, 0.5) is 5.95 Å². The van der Waals surface area contributed by atoms with Gasteiger partial charge in [0.15, 0.2) is 0 Å². The van der Waals surface area contributed by atoms with Gasteiger partial charge in [-0.25, -0.2) is 15.4 Å². The third kappa shape index (κ3) is 4.70. The van der Waals surface area contributed by atoms with Crippen molar-refractivity contribution in [2.75, 3.05) is 12.5 Å². The Kier molecular flexibility index (Phi) is 5.89. The summed E-state index contributed by atoms with van der Waals surface area (Å²) in [5, 5.41) is 14.4. The number of aromatic nitrogens is 2. The molecule has 0 spiro atoms. The first-order valence-corrected chi connectivity index (χ1v) is 9.81. The fraction of sp³-hybridized carbons (Fsp3) is 0.0800. The van der Waals surface area contributed by atoms with Gasteiger partial charge in [-0.1, -0.05) is 42.5 Å². The molecule has 1 aromatic heterocycles. The van der Waals surface area contributed by atoms with Crippen molar-refractivity contribution in [2.24, 2.45) is 5.10 Å². The van der Waals surface area contributed by atoms with Gasteiger partial charge in [0.2, 0.25) is 5.95 Å². The van der Waals surface area contributed by atoms with Crippen molar-refractivity contribution in [1.29, 1.82) is 0 Å². The predicted molar refractivity (Wildman–Crippen MR) is 123 cm³/mol. The number of hydrazone groups is 1. The first-order valence-electron chi connectivity index (χ1n) is 9.81. The molecule has 0 fully saturated rings. The molecule has 31 heavy (non-hydrogen) atoms. The van der Waals surface area contributed by atoms with Gasteiger partial charge in [0.1, 0.15) is 11.5 Å². The van der Waals surface area contributed by atoms with E-state index in [4.69, 9.17) is 4.74 Å². The molecule has 6 nitrogen and oxygen atoms in total. The van der Waals surface area contributed by atoms with Gasteiger partial charge in [0, 0.05) is 16.7 Å². The summed E-state index contributed by atoms with van der Waals surface area (Å²) in [5.74, 6) is 1.31. The van der Waals surface area contributed by atoms with Gasteiger partial charge in [0.05, 0.1) is 24.2 Å². The fourth-order valence-corrected chi connectivity index (χ4v) is 3.14. The second-order valence-corrected chi connectivity index (χ2v) is 6.88. The summed E-state index contributed by atoms with van der Waals surface area (Å²) in [4.78, 5) is 9.27. The van der Waals surface area contributed by atoms with E-state index in [9.17, 15) is 5.11 Å². The summed E-state index contributed by atoms with van der Waals surface area (Å²) in [7, 11) is 1.64. The smallest absolute Gasteiger partial charge is 0.244 e. The Bertz CT molecular complexity index is 1210. The lowest BCUT2D eigenvalue weighted by molar-refractivity contribution is 0.415. The number of benzene rings is 3. The average molecular weight is 410 g/mol. The number of hydrogen-bond donors (Lipinski definition) is 2. The van der Waals surface area contributed by atoms with E-state index >= 15 is 0 Å². The molecule has 0 radical (unpaired) electrons. The minimum Gasteiger partial charge on any atom is -0.507 e. The molecule has 0 aliphatic heterocycles. The molecule has 0 unspecified atom stereocenters. The zero-order valence-corrected chi connectivity index (χ0v) is 17.3. The van der Waals surface area contributed by atoms with E-state index in [1.54, 1.807) is 25.3 Å². The Morgan fingerprint density at radius 3 is 2.10 bits per heavy atom. The lowest BCUT2D eigenvalue weighted by Crippen LogP contribution is -2.04. The number of rotatable bonds is 6. The number of methoxy groups -OCH3 is 1. The topological polar surface area (TPSA) is 79.6 Å². The summed E-state index contributed by atoms with van der Waals surface area (Å²) in [6, 6.07) is 26.6. The zero-order valence-electron chi connectivity index (χ0n) is 17.3. The van der Waals surface area contributed by atoms with Crippen LogP contribution in [0.15, 0.2) is 90.0 Å². The van der Waals surface area contributed by atoms with Gasteiger partial charge in [-0.15, -0.1) is 0 Å². The maximum Gasteiger partial charge on any atom is 0.244 e. The highest BCUT2D eigenvalue weighted by atomic mass is 16.5. The molecule has 4 rings (SSSR count). The average Bonchev–Trinajstić information content (AvgIpc) is 2.83. The highest BCUT2D eigenvalue weighted by Crippen LogP contribution is 2.26. The van der Waals surface area contributed by atoms with Crippen LogP contribution in [0.1, 0.15) is 12.5 Å². The second-order valence-electron chi connectivity index (χ2n) is 6.88. The van der Waals surface area contributed by atoms with Crippen molar-refractivity contribution in [3.63, 3.8) is 0 Å². The number of phenols is 1. The number of para-hydroxylation sites is 1. The number of hydrogen-bond acceptors (Lipinski definition) is 6. The van der Waals surface area contributed by atoms with Crippen LogP contribution >= 0.6 is 0 Å². The largest absolute Gasteiger partial charge is 0.507 e. The third-order valence-electron chi connectivity index (χ3n) is 4.80. The van der Waals surface area contributed by atoms with Crippen LogP contribution < -0.4 is 10.2 Å². The van der Waals surface area contributed by atoms with Crippen molar-refractivity contribution in [3.8, 4) is 34.0 Å². The first-order chi connectivity index (χ1) is 15.1. The summed E-state index contributed by atoms with van der Waals surface area (Å²) in [6.07, 6.45) is 0. The standard InChI is InChI=1S/C25H22N4O2/c1-17(21-10-6-7-11-24(21)30)28-29-25-26-22(18-8-4-3-5-9-18)16-23(27-25)19-12-14-20(31-2)15-13-19/h3-16,30H,1-2H3,(H,26,27,29)/b28-17-. The fourth-order valence-electron chi connectivity index (χ4n) is 3.14. The van der Waals surface area contributed by atoms with Gasteiger partial charge in [-0.05, 0) is 49.4 Å². The van der Waals surface area contributed by atoms with Crippen LogP contribution in [-0.2, 0) is 0 Å². The normalized spacial score (nSPS) is 11.2. The minimum atomic E-state index is 0.170. The van der Waals surface area contributed by atoms with E-state index < -0.39 is 0 Å². The highest BCUT2D eigenvalue weighted by molar-refractivity contribution is 6.01. The first kappa shape index (κ1) is 20.1. The van der Waals surface area contributed by atoms with Crippen LogP contribution in [0.2, 0.25) is 0 Å². The van der Waals surface area contributed by atoms with Crippen LogP contribution in [0.3, 0.4) is 0 Å². The molecule has 2 N–H and O–H groups in total. The maximum absolute atomic E-state index is 10.1. The molecule has 0 bridgehead atoms. The molecule has 0 aliphatic rings. The van der Waals surface area contributed by atoms with E-state index in [-0.39, 0.29) is 5.75 Å². The molecule has 0 aliphatic carbocycles. The summed E-state index contributed by atoms with van der Waals surface area (Å²) in [6.45, 7) is 1.81. The maximum atomic E-state index is 10.1. The number of ether oxygens (including phenoxy) is 1. The number of aromatic hydroxyl groups is 1. The molecule has 1 heterocycles. The van der Waals surface area contributed by atoms with E-state index in [1.165, 1.54) is 0 Å². The molecular formula is C25H22N4O2. The van der Waals surface area contributed by atoms with E-state index in [1.807, 2.05) is 73.7 Å². The number of nitrogens with zero attached hydrogens (tertiary/aromatic N) is 3. The number of phenolic OH excluding ortho intramolecular Hbond substituents is 1. The molecule has 4 aromatic rings. The van der Waals surface area contributed by atoms with Gasteiger partial charge in [-0.2, -0.15) is 5.10 Å². The molecule has 154 valence electrons. The molecule has 3 aromatic carbocycles. The van der Waals surface area contributed by atoms with Crippen LogP contribution in [0.25, 0.3) is 22.5 Å². The second kappa shape index (κ2) is 9.09. The summed E-state index contributed by atoms with van der Waals surface area (Å²) < 4.78 is 5.26. The molecular weight excluding hydrogens is 388 g/mol. The summed E-state index contributed by atoms with van der Waals surface area (Å²) >= 11 is 0. The van der Waals surface area contributed by atoms with Crippen molar-refractivity contribution in [3.05, 3.63) is 90.5 Å². The van der Waals surface area contributed by atoms with Crippen LogP contribution in [0, 0.1) is 0 Å². The van der Waals surface area contributed by atoms with E-state index in [2.05, 4.69) is 20.5 Å². The van der Waals surface area contributed by atoms with Crippen LogP contribution in [-0.4, -0.2) is 27.9 Å². The van der Waals surface area contributed by atoms with Crippen molar-refractivity contribution < 1.29 is 9.84 Å². The van der Waals surface area contributed by atoms with Gasteiger partial charge in [0.25, 0.3) is 0 Å². The van der Waals surface area contributed by atoms with Crippen molar-refractivity contribution in [1.82, 2.24) is 9.97 Å². The van der Waals surface area contributed by atoms with Crippen molar-refractivity contribution in [2.45, 2.75) is 6.92 Å². The Labute approximate surface area is 180 Å². The van der Waals surface area contributed by atoms with Gasteiger partial charge < -0.3 is 9.84 Å². The molecule has 0 saturated heterocycles. The number of nitrogens with one attached hydrogen (secondary N) is 1. The number of anilines is 1. The molecule has 0 amide bonds. The van der Waals surface area contributed by atoms with Crippen molar-refractivity contribution >= 4 is 11.7 Å². The Balaban J connectivity index is 1.72. The highest BCUT2D eigenvalue weighted by Gasteiger charge is 2.10. The SMILES string of the molecule is COc1ccc(-c2cc(-c3ccccc3)nc(N/N=C(/C)c3ccccc3O)n2)cc1. The molecule has 6 heteroatoms. The molecule has 0 atom stereocenters. The van der Waals surface area contributed by atoms with E-state index in [0.29, 0.717) is 17.2 Å². The zero-order chi connectivity index (χ0) is 21.6. The Hall–Kier alpha value is -4.19.